The fourth-order valence-electron chi connectivity index (χ4n) is 5.55. The standard InChI is InChI=1S/C37H38F2N4O5S2/c1-22(2)20-43(21-33(44)32(18-25-10-6-5-7-11-25)40-35(45)27-12-8-14-29(38)23(27)3)50(47,48)26-16-17-31-34(19-26)49-37(41-31)42-36(46)28-13-9-15-30(39)24(28)4/h5-17,19,22,32-33,44H,18,20-21H2,1-4H3,(H,40,45)(H,41,42,46)/t32-,33+/m0/s1. The molecule has 0 spiro atoms. The van der Waals surface area contributed by atoms with Crippen LogP contribution in [0, 0.1) is 31.4 Å². The van der Waals surface area contributed by atoms with Crippen LogP contribution < -0.4 is 10.6 Å². The molecule has 0 fully saturated rings. The smallest absolute Gasteiger partial charge is 0.257 e. The van der Waals surface area contributed by atoms with E-state index in [0.29, 0.717) is 10.2 Å². The van der Waals surface area contributed by atoms with Gasteiger partial charge in [0, 0.05) is 24.2 Å². The second-order valence-electron chi connectivity index (χ2n) is 12.5. The van der Waals surface area contributed by atoms with Gasteiger partial charge in [-0.05, 0) is 85.3 Å². The third-order valence-corrected chi connectivity index (χ3v) is 11.0. The van der Waals surface area contributed by atoms with Crippen molar-refractivity contribution in [3.63, 3.8) is 0 Å². The van der Waals surface area contributed by atoms with E-state index >= 15 is 0 Å². The van der Waals surface area contributed by atoms with Crippen molar-refractivity contribution in [1.82, 2.24) is 14.6 Å². The third-order valence-electron chi connectivity index (χ3n) is 8.28. The molecule has 4 aromatic carbocycles. The van der Waals surface area contributed by atoms with E-state index in [-0.39, 0.29) is 57.7 Å². The molecule has 1 heterocycles. The van der Waals surface area contributed by atoms with Gasteiger partial charge >= 0.3 is 0 Å². The Kier molecular flexibility index (Phi) is 11.4. The van der Waals surface area contributed by atoms with Crippen molar-refractivity contribution in [3.8, 4) is 0 Å². The SMILES string of the molecule is Cc1c(F)cccc1C(=O)Nc1nc2ccc(S(=O)(=O)N(CC(C)C)C[C@@H](O)[C@H](Cc3ccccc3)NC(=O)c3cccc(F)c3C)cc2s1. The molecule has 0 aliphatic rings. The van der Waals surface area contributed by atoms with Gasteiger partial charge in [-0.1, -0.05) is 67.6 Å². The van der Waals surface area contributed by atoms with Gasteiger partial charge in [-0.3, -0.25) is 14.9 Å². The first kappa shape index (κ1) is 36.7. The first-order valence-corrected chi connectivity index (χ1v) is 18.3. The van der Waals surface area contributed by atoms with Crippen LogP contribution in [-0.2, 0) is 16.4 Å². The Morgan fingerprint density at radius 1 is 0.860 bits per heavy atom. The summed E-state index contributed by atoms with van der Waals surface area (Å²) in [6.07, 6.45) is -1.16. The number of fused-ring (bicyclic) bond motifs is 1. The van der Waals surface area contributed by atoms with Crippen LogP contribution in [0.2, 0.25) is 0 Å². The summed E-state index contributed by atoms with van der Waals surface area (Å²) in [6, 6.07) is 21.0. The average Bonchev–Trinajstić information content (AvgIpc) is 3.48. The van der Waals surface area contributed by atoms with Crippen molar-refractivity contribution in [3.05, 3.63) is 124 Å². The third kappa shape index (κ3) is 8.41. The highest BCUT2D eigenvalue weighted by Crippen LogP contribution is 2.30. The van der Waals surface area contributed by atoms with Crippen LogP contribution >= 0.6 is 11.3 Å². The predicted octanol–water partition coefficient (Wildman–Crippen LogP) is 6.49. The number of aliphatic hydroxyl groups excluding tert-OH is 1. The van der Waals surface area contributed by atoms with E-state index in [1.807, 2.05) is 44.2 Å². The minimum absolute atomic E-state index is 0.0422. The molecule has 5 rings (SSSR count). The Morgan fingerprint density at radius 3 is 2.10 bits per heavy atom. The number of carbonyl (C=O) groups is 2. The van der Waals surface area contributed by atoms with Gasteiger partial charge in [0.2, 0.25) is 10.0 Å². The maximum absolute atomic E-state index is 14.3. The van der Waals surface area contributed by atoms with Gasteiger partial charge in [0.15, 0.2) is 5.13 Å². The lowest BCUT2D eigenvalue weighted by Gasteiger charge is -2.31. The summed E-state index contributed by atoms with van der Waals surface area (Å²) in [5, 5.41) is 17.3. The molecule has 0 bridgehead atoms. The molecular weight excluding hydrogens is 683 g/mol. The summed E-state index contributed by atoms with van der Waals surface area (Å²) in [4.78, 5) is 30.6. The van der Waals surface area contributed by atoms with Gasteiger partial charge in [0.1, 0.15) is 11.6 Å². The monoisotopic (exact) mass is 720 g/mol. The molecule has 0 aliphatic heterocycles. The average molecular weight is 721 g/mol. The van der Waals surface area contributed by atoms with Crippen LogP contribution in [0.3, 0.4) is 0 Å². The van der Waals surface area contributed by atoms with Crippen LogP contribution in [0.25, 0.3) is 10.2 Å². The number of nitrogens with one attached hydrogen (secondary N) is 2. The highest BCUT2D eigenvalue weighted by Gasteiger charge is 2.32. The van der Waals surface area contributed by atoms with E-state index in [0.717, 1.165) is 16.9 Å². The molecule has 262 valence electrons. The lowest BCUT2D eigenvalue weighted by atomic mass is 9.99. The van der Waals surface area contributed by atoms with Crippen molar-refractivity contribution < 1.29 is 31.9 Å². The maximum Gasteiger partial charge on any atom is 0.257 e. The second-order valence-corrected chi connectivity index (χ2v) is 15.4. The Morgan fingerprint density at radius 2 is 1.48 bits per heavy atom. The highest BCUT2D eigenvalue weighted by atomic mass is 32.2. The predicted molar refractivity (Wildman–Crippen MR) is 191 cm³/mol. The van der Waals surface area contributed by atoms with Gasteiger partial charge in [-0.25, -0.2) is 22.2 Å². The lowest BCUT2D eigenvalue weighted by molar-refractivity contribution is 0.0775. The summed E-state index contributed by atoms with van der Waals surface area (Å²) < 4.78 is 58.3. The fraction of sp³-hybridized carbons (Fsp3) is 0.270. The summed E-state index contributed by atoms with van der Waals surface area (Å²) in [7, 11) is -4.19. The van der Waals surface area contributed by atoms with Crippen molar-refractivity contribution >= 4 is 48.5 Å². The van der Waals surface area contributed by atoms with Crippen LogP contribution in [0.15, 0.2) is 89.8 Å². The number of hydrogen-bond donors (Lipinski definition) is 3. The normalized spacial score (nSPS) is 13.1. The topological polar surface area (TPSA) is 129 Å². The van der Waals surface area contributed by atoms with E-state index in [1.54, 1.807) is 0 Å². The molecule has 2 amide bonds. The molecule has 0 saturated heterocycles. The fourth-order valence-corrected chi connectivity index (χ4v) is 8.17. The molecule has 50 heavy (non-hydrogen) atoms. The number of carbonyl (C=O) groups excluding carboxylic acids is 2. The van der Waals surface area contributed by atoms with Gasteiger partial charge in [0.25, 0.3) is 11.8 Å². The van der Waals surface area contributed by atoms with Gasteiger partial charge < -0.3 is 10.4 Å². The number of nitrogens with zero attached hydrogens (tertiary/aromatic N) is 2. The van der Waals surface area contributed by atoms with E-state index in [2.05, 4.69) is 15.6 Å². The Labute approximate surface area is 294 Å². The molecule has 2 atom stereocenters. The molecule has 0 unspecified atom stereocenters. The maximum atomic E-state index is 14.3. The summed E-state index contributed by atoms with van der Waals surface area (Å²) >= 11 is 1.07. The molecule has 3 N–H and O–H groups in total. The molecule has 1 aromatic heterocycles. The minimum Gasteiger partial charge on any atom is -0.390 e. The van der Waals surface area contributed by atoms with Crippen molar-refractivity contribution in [1.29, 1.82) is 0 Å². The minimum atomic E-state index is -4.19. The number of aromatic nitrogens is 1. The molecular formula is C37H38F2N4O5S2. The molecule has 0 aliphatic carbocycles. The zero-order valence-electron chi connectivity index (χ0n) is 28.0. The summed E-state index contributed by atoms with van der Waals surface area (Å²) in [5.41, 5.74) is 1.88. The number of anilines is 1. The van der Waals surface area contributed by atoms with E-state index in [1.165, 1.54) is 72.7 Å². The second kappa shape index (κ2) is 15.5. The van der Waals surface area contributed by atoms with E-state index in [4.69, 9.17) is 0 Å². The Balaban J connectivity index is 1.40. The number of amides is 2. The van der Waals surface area contributed by atoms with E-state index in [9.17, 15) is 31.9 Å². The number of aliphatic hydroxyl groups is 1. The first-order chi connectivity index (χ1) is 23.7. The number of rotatable bonds is 13. The van der Waals surface area contributed by atoms with E-state index < -0.39 is 45.6 Å². The molecule has 0 radical (unpaired) electrons. The summed E-state index contributed by atoms with van der Waals surface area (Å²) in [5.74, 6) is -2.30. The first-order valence-electron chi connectivity index (χ1n) is 16.0. The molecule has 0 saturated carbocycles. The van der Waals surface area contributed by atoms with Gasteiger partial charge in [-0.2, -0.15) is 4.31 Å². The largest absolute Gasteiger partial charge is 0.390 e. The van der Waals surface area contributed by atoms with Crippen molar-refractivity contribution in [2.45, 2.75) is 51.2 Å². The number of thiazole rings is 1. The number of hydrogen-bond acceptors (Lipinski definition) is 7. The van der Waals surface area contributed by atoms with Crippen LogP contribution in [0.5, 0.6) is 0 Å². The molecule has 13 heteroatoms. The van der Waals surface area contributed by atoms with Gasteiger partial charge in [0.05, 0.1) is 27.3 Å². The lowest BCUT2D eigenvalue weighted by Crippen LogP contribution is -2.51. The summed E-state index contributed by atoms with van der Waals surface area (Å²) in [6.45, 7) is 6.44. The van der Waals surface area contributed by atoms with Crippen molar-refractivity contribution in [2.24, 2.45) is 5.92 Å². The van der Waals surface area contributed by atoms with Crippen molar-refractivity contribution in [2.75, 3.05) is 18.4 Å². The molecule has 5 aromatic rings. The quantitative estimate of drug-likeness (QED) is 0.128. The van der Waals surface area contributed by atoms with Crippen LogP contribution in [-0.4, -0.2) is 59.9 Å². The van der Waals surface area contributed by atoms with Crippen LogP contribution in [0.4, 0.5) is 13.9 Å². The number of halogens is 2. The Bertz CT molecular complexity index is 2120. The number of benzene rings is 4. The number of sulfonamides is 1. The van der Waals surface area contributed by atoms with Gasteiger partial charge in [-0.15, -0.1) is 0 Å². The van der Waals surface area contributed by atoms with Crippen LogP contribution in [0.1, 0.15) is 51.3 Å². The highest BCUT2D eigenvalue weighted by molar-refractivity contribution is 7.89. The zero-order chi connectivity index (χ0) is 36.2. The Hall–Kier alpha value is -4.56. The molecule has 9 nitrogen and oxygen atoms in total. The zero-order valence-corrected chi connectivity index (χ0v) is 29.6.